The van der Waals surface area contributed by atoms with E-state index in [1.54, 1.807) is 0 Å². The molecule has 8 nitrogen and oxygen atoms in total. The van der Waals surface area contributed by atoms with Gasteiger partial charge in [-0.25, -0.2) is 0 Å². The molecule has 8 heteroatoms. The summed E-state index contributed by atoms with van der Waals surface area (Å²) in [5.41, 5.74) is 8.67. The molecule has 3 aromatic rings. The summed E-state index contributed by atoms with van der Waals surface area (Å²) in [7, 11) is 42.4. The van der Waals surface area contributed by atoms with Gasteiger partial charge >= 0.3 is 0 Å². The van der Waals surface area contributed by atoms with E-state index in [1.165, 1.54) is 111 Å². The summed E-state index contributed by atoms with van der Waals surface area (Å²) in [5, 5.41) is 0. The van der Waals surface area contributed by atoms with Crippen LogP contribution in [0, 0.1) is 0 Å². The van der Waals surface area contributed by atoms with Crippen molar-refractivity contribution in [2.45, 2.75) is 65.0 Å². The van der Waals surface area contributed by atoms with Gasteiger partial charge in [0.15, 0.2) is 0 Å². The van der Waals surface area contributed by atoms with E-state index in [0.29, 0.717) is 0 Å². The Kier molecular flexibility index (Phi) is 19.1. The van der Waals surface area contributed by atoms with Gasteiger partial charge in [-0.05, 0) is 0 Å². The van der Waals surface area contributed by atoms with Gasteiger partial charge in [0.2, 0.25) is 0 Å². The summed E-state index contributed by atoms with van der Waals surface area (Å²) < 4.78 is 8.26. The molecule has 0 saturated carbocycles. The van der Waals surface area contributed by atoms with Crippen LogP contribution in [0.3, 0.4) is 0 Å². The van der Waals surface area contributed by atoms with E-state index >= 15 is 0 Å². The molecule has 0 amide bonds. The fraction of sp³-hybridized carbons (Fsp3) is 0.667. The van der Waals surface area contributed by atoms with Gasteiger partial charge in [-0.3, -0.25) is 0 Å². The molecular weight excluding hydrogens is 761 g/mol. The smallest absolute Gasteiger partial charge is 0.104 e. The van der Waals surface area contributed by atoms with Crippen LogP contribution in [0.15, 0.2) is 72.8 Å². The lowest BCUT2D eigenvalue weighted by atomic mass is 10.1. The summed E-state index contributed by atoms with van der Waals surface area (Å²) in [4.78, 5) is 0. The Hall–Kier alpha value is -2.66. The first-order chi connectivity index (χ1) is 28.3. The predicted octanol–water partition coefficient (Wildman–Crippen LogP) is 7.52. The highest BCUT2D eigenvalue weighted by Crippen LogP contribution is 2.20. The predicted molar refractivity (Wildman–Crippen MR) is 268 cm³/mol. The Morgan fingerprint density at radius 1 is 0.210 bits per heavy atom. The maximum atomic E-state index is 2.40. The Morgan fingerprint density at radius 3 is 0.468 bits per heavy atom. The second-order valence-electron chi connectivity index (χ2n) is 25.8. The largest absolute Gasteiger partial charge is 0.331 e. The average molecular weight is 863 g/mol. The van der Waals surface area contributed by atoms with Crippen molar-refractivity contribution in [1.82, 2.24) is 0 Å². The average Bonchev–Trinajstić information content (AvgIpc) is 3.08. The standard InChI is InChI=1S/C54H102N8/c1-55(2,3)35-19-37-57(7,8)43-49-23-27-51(28-24-49)45-59(11,12)39-21-41-61(15,16)47-53-31-33-54(34-32-53)48-62(17,18)42-22-40-60(13,14)46-52-29-25-50(26-30-52)44-58(9,10)38-20-36-56(4,5)6/h23-34H,19-22,35-48H2,1-18H3/q+8. The fourth-order valence-electron chi connectivity index (χ4n) is 9.49. The van der Waals surface area contributed by atoms with Crippen LogP contribution in [0.1, 0.15) is 59.1 Å². The van der Waals surface area contributed by atoms with Crippen LogP contribution in [0.5, 0.6) is 0 Å². The molecule has 0 fully saturated rings. The normalized spacial score (nSPS) is 13.8. The van der Waals surface area contributed by atoms with Crippen LogP contribution in [-0.4, -0.2) is 215 Å². The van der Waals surface area contributed by atoms with Gasteiger partial charge in [0, 0.05) is 59.1 Å². The van der Waals surface area contributed by atoms with Crippen molar-refractivity contribution < 1.29 is 35.9 Å². The summed E-state index contributed by atoms with van der Waals surface area (Å²) in [6.45, 7) is 16.1. The zero-order valence-corrected chi connectivity index (χ0v) is 44.2. The van der Waals surface area contributed by atoms with Gasteiger partial charge < -0.3 is 35.9 Å². The number of nitrogens with zero attached hydrogens (tertiary/aromatic N) is 8. The van der Waals surface area contributed by atoms with Crippen LogP contribution >= 0.6 is 0 Å². The summed E-state index contributed by atoms with van der Waals surface area (Å²) in [6.07, 6.45) is 4.96. The lowest BCUT2D eigenvalue weighted by Gasteiger charge is -2.34. The number of benzene rings is 3. The molecule has 0 N–H and O–H groups in total. The Bertz CT molecular complexity index is 1610. The van der Waals surface area contributed by atoms with Crippen LogP contribution in [0.2, 0.25) is 0 Å². The minimum absolute atomic E-state index is 1.02. The number of rotatable bonds is 28. The second kappa shape index (κ2) is 22.0. The van der Waals surface area contributed by atoms with E-state index < -0.39 is 0 Å². The zero-order chi connectivity index (χ0) is 46.7. The minimum Gasteiger partial charge on any atom is -0.331 e. The molecule has 0 unspecified atom stereocenters. The number of hydrogen-bond donors (Lipinski definition) is 0. The van der Waals surface area contributed by atoms with Crippen molar-refractivity contribution >= 4 is 0 Å². The molecule has 0 aromatic heterocycles. The topological polar surface area (TPSA) is 0 Å². The molecule has 0 aliphatic carbocycles. The summed E-state index contributed by atoms with van der Waals surface area (Å²) in [6, 6.07) is 28.6. The highest BCUT2D eigenvalue weighted by molar-refractivity contribution is 5.23. The van der Waals surface area contributed by atoms with E-state index in [2.05, 4.69) is 200 Å². The van der Waals surface area contributed by atoms with Crippen LogP contribution in [0.4, 0.5) is 0 Å². The fourth-order valence-corrected chi connectivity index (χ4v) is 9.49. The molecule has 0 spiro atoms. The molecule has 0 aliphatic heterocycles. The maximum Gasteiger partial charge on any atom is 0.104 e. The van der Waals surface area contributed by atoms with Gasteiger partial charge in [-0.2, -0.15) is 0 Å². The van der Waals surface area contributed by atoms with Gasteiger partial charge in [0.1, 0.15) is 39.3 Å². The van der Waals surface area contributed by atoms with E-state index in [1.807, 2.05) is 0 Å². The molecule has 3 aromatic carbocycles. The Balaban J connectivity index is 1.39. The third-order valence-corrected chi connectivity index (χ3v) is 13.0. The van der Waals surface area contributed by atoms with Crippen molar-refractivity contribution in [3.63, 3.8) is 0 Å². The molecule has 0 heterocycles. The van der Waals surface area contributed by atoms with Crippen LogP contribution in [-0.2, 0) is 39.3 Å². The summed E-state index contributed by atoms with van der Waals surface area (Å²) in [5.74, 6) is 0. The molecule has 3 rings (SSSR count). The SMILES string of the molecule is C[N+](C)(C)CCC[N+](C)(C)Cc1ccc(C[N+](C)(C)CCC[N+](C)(C)Cc2ccc(C[N+](C)(C)CCC[N+](C)(C)Cc3ccc(C[N+](C)(C)CCC[N+](C)(C)C)cc3)cc2)cc1. The number of quaternary nitrogens is 8. The van der Waals surface area contributed by atoms with Gasteiger partial charge in [-0.15, -0.1) is 0 Å². The number of hydrogen-bond acceptors (Lipinski definition) is 0. The molecule has 62 heavy (non-hydrogen) atoms. The zero-order valence-electron chi connectivity index (χ0n) is 44.2. The molecule has 0 bridgehead atoms. The van der Waals surface area contributed by atoms with Gasteiger partial charge in [0.05, 0.1) is 179 Å². The van der Waals surface area contributed by atoms with Crippen molar-refractivity contribution in [3.05, 3.63) is 106 Å². The van der Waals surface area contributed by atoms with Crippen molar-refractivity contribution in [3.8, 4) is 0 Å². The molecule has 0 radical (unpaired) electrons. The molecule has 0 saturated heterocycles. The first-order valence-electron chi connectivity index (χ1n) is 24.1. The first-order valence-corrected chi connectivity index (χ1v) is 24.1. The van der Waals surface area contributed by atoms with Crippen molar-refractivity contribution in [2.24, 2.45) is 0 Å². The molecule has 0 aliphatic rings. The highest BCUT2D eigenvalue weighted by atomic mass is 15.3. The van der Waals surface area contributed by atoms with Crippen LogP contribution in [0.25, 0.3) is 0 Å². The lowest BCUT2D eigenvalue weighted by Crippen LogP contribution is -2.45. The molecule has 350 valence electrons. The van der Waals surface area contributed by atoms with Gasteiger partial charge in [-0.1, -0.05) is 72.8 Å². The minimum atomic E-state index is 1.02. The van der Waals surface area contributed by atoms with E-state index in [-0.39, 0.29) is 0 Å². The van der Waals surface area contributed by atoms with E-state index in [0.717, 1.165) is 75.1 Å². The monoisotopic (exact) mass is 863 g/mol. The van der Waals surface area contributed by atoms with Crippen molar-refractivity contribution in [2.75, 3.05) is 179 Å². The van der Waals surface area contributed by atoms with E-state index in [4.69, 9.17) is 0 Å². The van der Waals surface area contributed by atoms with Crippen molar-refractivity contribution in [1.29, 1.82) is 0 Å². The highest BCUT2D eigenvalue weighted by Gasteiger charge is 2.25. The third kappa shape index (κ3) is 22.8. The third-order valence-electron chi connectivity index (χ3n) is 13.0. The molecular formula is C54H102N8+8. The Morgan fingerprint density at radius 2 is 0.339 bits per heavy atom. The lowest BCUT2D eigenvalue weighted by molar-refractivity contribution is -0.922. The quantitative estimate of drug-likeness (QED) is 0.0664. The molecule has 0 atom stereocenters. The van der Waals surface area contributed by atoms with Gasteiger partial charge in [0.25, 0.3) is 0 Å². The summed E-state index contributed by atoms with van der Waals surface area (Å²) >= 11 is 0. The Labute approximate surface area is 384 Å². The van der Waals surface area contributed by atoms with Crippen LogP contribution < -0.4 is 0 Å². The first kappa shape index (κ1) is 53.7. The maximum absolute atomic E-state index is 2.40. The second-order valence-corrected chi connectivity index (χ2v) is 25.8. The van der Waals surface area contributed by atoms with E-state index in [9.17, 15) is 0 Å².